The zero-order valence-corrected chi connectivity index (χ0v) is 13.0. The van der Waals surface area contributed by atoms with Gasteiger partial charge in [-0.05, 0) is 46.3 Å². The number of nitrogens with zero attached hydrogens (tertiary/aromatic N) is 1. The SMILES string of the molecule is CC(C)(CCCCl)CNC(=O)c1ccc(Br)cn1. The molecule has 0 aromatic carbocycles. The van der Waals surface area contributed by atoms with E-state index in [1.807, 2.05) is 0 Å². The lowest BCUT2D eigenvalue weighted by molar-refractivity contribution is 0.0929. The van der Waals surface area contributed by atoms with Gasteiger partial charge < -0.3 is 5.32 Å². The summed E-state index contributed by atoms with van der Waals surface area (Å²) in [6, 6.07) is 3.51. The number of rotatable bonds is 6. The molecule has 1 amide bonds. The zero-order chi connectivity index (χ0) is 13.6. The van der Waals surface area contributed by atoms with Crippen LogP contribution in [0.2, 0.25) is 0 Å². The van der Waals surface area contributed by atoms with Gasteiger partial charge in [0.2, 0.25) is 0 Å². The van der Waals surface area contributed by atoms with E-state index >= 15 is 0 Å². The molecule has 100 valence electrons. The molecule has 0 saturated heterocycles. The van der Waals surface area contributed by atoms with Crippen LogP contribution in [0.5, 0.6) is 0 Å². The van der Waals surface area contributed by atoms with Crippen molar-refractivity contribution in [2.75, 3.05) is 12.4 Å². The Morgan fingerprint density at radius 2 is 2.22 bits per heavy atom. The lowest BCUT2D eigenvalue weighted by Gasteiger charge is -2.24. The van der Waals surface area contributed by atoms with Gasteiger partial charge >= 0.3 is 0 Å². The second-order valence-corrected chi connectivity index (χ2v) is 6.29. The summed E-state index contributed by atoms with van der Waals surface area (Å²) in [5.74, 6) is 0.521. The number of halogens is 2. The Bertz CT molecular complexity index is 392. The first-order valence-corrected chi connectivity index (χ1v) is 7.23. The van der Waals surface area contributed by atoms with E-state index in [9.17, 15) is 4.79 Å². The fourth-order valence-electron chi connectivity index (χ4n) is 1.55. The summed E-state index contributed by atoms with van der Waals surface area (Å²) in [7, 11) is 0. The molecule has 0 bridgehead atoms. The predicted octanol–water partition coefficient (Wildman–Crippen LogP) is 3.62. The fourth-order valence-corrected chi connectivity index (χ4v) is 1.92. The number of alkyl halides is 1. The minimum absolute atomic E-state index is 0.0555. The van der Waals surface area contributed by atoms with Crippen molar-refractivity contribution in [3.63, 3.8) is 0 Å². The molecule has 3 nitrogen and oxygen atoms in total. The Labute approximate surface area is 121 Å². The lowest BCUT2D eigenvalue weighted by atomic mass is 9.88. The maximum atomic E-state index is 11.9. The highest BCUT2D eigenvalue weighted by molar-refractivity contribution is 9.10. The summed E-state index contributed by atoms with van der Waals surface area (Å²) in [5, 5.41) is 2.91. The van der Waals surface area contributed by atoms with Crippen LogP contribution < -0.4 is 5.32 Å². The number of pyridine rings is 1. The van der Waals surface area contributed by atoms with Gasteiger partial charge in [0.15, 0.2) is 0 Å². The standard InChI is InChI=1S/C13H18BrClN2O/c1-13(2,6-3-7-15)9-17-12(18)11-5-4-10(14)8-16-11/h4-5,8H,3,6-7,9H2,1-2H3,(H,17,18). The molecule has 18 heavy (non-hydrogen) atoms. The summed E-state index contributed by atoms with van der Waals surface area (Å²) >= 11 is 8.97. The number of aromatic nitrogens is 1. The summed E-state index contributed by atoms with van der Waals surface area (Å²) in [5.41, 5.74) is 0.492. The van der Waals surface area contributed by atoms with E-state index in [1.165, 1.54) is 0 Å². The minimum atomic E-state index is -0.138. The third kappa shape index (κ3) is 5.36. The van der Waals surface area contributed by atoms with Crippen LogP contribution in [0.25, 0.3) is 0 Å². The van der Waals surface area contributed by atoms with Gasteiger partial charge in [0.25, 0.3) is 5.91 Å². The third-order valence-electron chi connectivity index (χ3n) is 2.67. The van der Waals surface area contributed by atoms with Crippen molar-refractivity contribution in [2.24, 2.45) is 5.41 Å². The summed E-state index contributed by atoms with van der Waals surface area (Å²) in [6.07, 6.45) is 3.57. The van der Waals surface area contributed by atoms with E-state index in [1.54, 1.807) is 18.3 Å². The van der Waals surface area contributed by atoms with Crippen molar-refractivity contribution in [2.45, 2.75) is 26.7 Å². The third-order valence-corrected chi connectivity index (χ3v) is 3.41. The number of hydrogen-bond acceptors (Lipinski definition) is 2. The van der Waals surface area contributed by atoms with Gasteiger partial charge in [-0.25, -0.2) is 4.98 Å². The average molecular weight is 334 g/mol. The Balaban J connectivity index is 2.48. The molecule has 0 radical (unpaired) electrons. The second-order valence-electron chi connectivity index (χ2n) is 5.00. The normalized spacial score (nSPS) is 11.3. The van der Waals surface area contributed by atoms with Gasteiger partial charge in [0.05, 0.1) is 0 Å². The van der Waals surface area contributed by atoms with Crippen molar-refractivity contribution < 1.29 is 4.79 Å². The van der Waals surface area contributed by atoms with Gasteiger partial charge in [-0.1, -0.05) is 13.8 Å². The average Bonchev–Trinajstić information content (AvgIpc) is 2.35. The molecule has 0 aliphatic heterocycles. The van der Waals surface area contributed by atoms with Crippen LogP contribution in [0.15, 0.2) is 22.8 Å². The van der Waals surface area contributed by atoms with Crippen LogP contribution in [0.1, 0.15) is 37.2 Å². The van der Waals surface area contributed by atoms with Crippen molar-refractivity contribution in [1.82, 2.24) is 10.3 Å². The zero-order valence-electron chi connectivity index (χ0n) is 10.7. The molecule has 1 aromatic heterocycles. The maximum Gasteiger partial charge on any atom is 0.269 e. The molecular weight excluding hydrogens is 316 g/mol. The van der Waals surface area contributed by atoms with Gasteiger partial charge in [0, 0.05) is 23.1 Å². The molecule has 5 heteroatoms. The Morgan fingerprint density at radius 3 is 2.78 bits per heavy atom. The van der Waals surface area contributed by atoms with Crippen LogP contribution in [0.4, 0.5) is 0 Å². The summed E-state index contributed by atoms with van der Waals surface area (Å²) in [4.78, 5) is 15.9. The van der Waals surface area contributed by atoms with E-state index in [0.717, 1.165) is 17.3 Å². The Kier molecular flexibility index (Phi) is 6.09. The number of amides is 1. The number of carbonyl (C=O) groups excluding carboxylic acids is 1. The molecule has 0 fully saturated rings. The monoisotopic (exact) mass is 332 g/mol. The molecule has 0 atom stereocenters. The number of hydrogen-bond donors (Lipinski definition) is 1. The van der Waals surface area contributed by atoms with Crippen LogP contribution in [0.3, 0.4) is 0 Å². The van der Waals surface area contributed by atoms with Crippen LogP contribution in [-0.2, 0) is 0 Å². The number of carbonyl (C=O) groups is 1. The molecule has 1 heterocycles. The van der Waals surface area contributed by atoms with E-state index in [-0.39, 0.29) is 11.3 Å². The summed E-state index contributed by atoms with van der Waals surface area (Å²) in [6.45, 7) is 4.87. The first-order chi connectivity index (χ1) is 8.44. The van der Waals surface area contributed by atoms with Crippen molar-refractivity contribution in [3.05, 3.63) is 28.5 Å². The molecule has 1 rings (SSSR count). The highest BCUT2D eigenvalue weighted by atomic mass is 79.9. The van der Waals surface area contributed by atoms with Crippen LogP contribution in [-0.4, -0.2) is 23.3 Å². The van der Waals surface area contributed by atoms with E-state index in [0.29, 0.717) is 18.1 Å². The molecule has 1 N–H and O–H groups in total. The Hall–Kier alpha value is -0.610. The van der Waals surface area contributed by atoms with Crippen molar-refractivity contribution >= 4 is 33.4 Å². The fraction of sp³-hybridized carbons (Fsp3) is 0.538. The molecular formula is C13H18BrClN2O. The molecule has 0 spiro atoms. The van der Waals surface area contributed by atoms with E-state index in [2.05, 4.69) is 40.1 Å². The Morgan fingerprint density at radius 1 is 1.50 bits per heavy atom. The highest BCUT2D eigenvalue weighted by Gasteiger charge is 2.19. The van der Waals surface area contributed by atoms with E-state index in [4.69, 9.17) is 11.6 Å². The maximum absolute atomic E-state index is 11.9. The smallest absolute Gasteiger partial charge is 0.269 e. The predicted molar refractivity (Wildman–Crippen MR) is 78.0 cm³/mol. The van der Waals surface area contributed by atoms with Crippen LogP contribution >= 0.6 is 27.5 Å². The highest BCUT2D eigenvalue weighted by Crippen LogP contribution is 2.21. The molecule has 0 unspecified atom stereocenters. The largest absolute Gasteiger partial charge is 0.350 e. The van der Waals surface area contributed by atoms with Gasteiger partial charge in [-0.3, -0.25) is 4.79 Å². The lowest BCUT2D eigenvalue weighted by Crippen LogP contribution is -2.34. The number of nitrogens with one attached hydrogen (secondary N) is 1. The first-order valence-electron chi connectivity index (χ1n) is 5.90. The van der Waals surface area contributed by atoms with Crippen molar-refractivity contribution in [3.8, 4) is 0 Å². The minimum Gasteiger partial charge on any atom is -0.350 e. The molecule has 1 aromatic rings. The second kappa shape index (κ2) is 7.10. The van der Waals surface area contributed by atoms with E-state index < -0.39 is 0 Å². The van der Waals surface area contributed by atoms with Gasteiger partial charge in [-0.2, -0.15) is 0 Å². The van der Waals surface area contributed by atoms with Crippen LogP contribution in [0, 0.1) is 5.41 Å². The van der Waals surface area contributed by atoms with Gasteiger partial charge in [-0.15, -0.1) is 11.6 Å². The van der Waals surface area contributed by atoms with Gasteiger partial charge in [0.1, 0.15) is 5.69 Å². The molecule has 0 saturated carbocycles. The summed E-state index contributed by atoms with van der Waals surface area (Å²) < 4.78 is 0.862. The molecule has 0 aliphatic carbocycles. The quantitative estimate of drug-likeness (QED) is 0.808. The molecule has 0 aliphatic rings. The topological polar surface area (TPSA) is 42.0 Å². The van der Waals surface area contributed by atoms with Crippen molar-refractivity contribution in [1.29, 1.82) is 0 Å². The first kappa shape index (κ1) is 15.4.